The number of hydrogen-bond acceptors (Lipinski definition) is 17. The second kappa shape index (κ2) is 28.2. The number of ether oxygens (including phenoxy) is 1. The van der Waals surface area contributed by atoms with Crippen LogP contribution in [0.1, 0.15) is 90.5 Å². The summed E-state index contributed by atoms with van der Waals surface area (Å²) in [6.07, 6.45) is -0.200. The van der Waals surface area contributed by atoms with Crippen molar-refractivity contribution in [3.63, 3.8) is 0 Å². The first-order valence-electron chi connectivity index (χ1n) is 26.5. The number of fused-ring (bicyclic) bond motifs is 5. The molecule has 2 saturated heterocycles. The van der Waals surface area contributed by atoms with Gasteiger partial charge < -0.3 is 62.3 Å². The summed E-state index contributed by atoms with van der Waals surface area (Å²) in [6.45, 7) is 3.01. The summed E-state index contributed by atoms with van der Waals surface area (Å²) in [5.74, 6) is -12.2. The van der Waals surface area contributed by atoms with Crippen molar-refractivity contribution in [3.8, 4) is 5.75 Å². The summed E-state index contributed by atoms with van der Waals surface area (Å²) < 4.78 is 6.14. The maximum atomic E-state index is 14.8. The lowest BCUT2D eigenvalue weighted by Crippen LogP contribution is -2.56. The number of primary amides is 1. The zero-order valence-corrected chi connectivity index (χ0v) is 46.0. The Morgan fingerprint density at radius 2 is 1.56 bits per heavy atom. The fourth-order valence-corrected chi connectivity index (χ4v) is 12.0. The van der Waals surface area contributed by atoms with Crippen LogP contribution in [0.4, 0.5) is 0 Å². The van der Waals surface area contributed by atoms with Gasteiger partial charge in [-0.1, -0.05) is 40.0 Å². The third-order valence-corrected chi connectivity index (χ3v) is 17.1. The Hall–Kier alpha value is -6.09. The maximum Gasteiger partial charge on any atom is 0.243 e. The van der Waals surface area contributed by atoms with E-state index >= 15 is 0 Å². The summed E-state index contributed by atoms with van der Waals surface area (Å²) >= 11 is 2.40. The Morgan fingerprint density at radius 1 is 0.859 bits per heavy atom. The van der Waals surface area contributed by atoms with Gasteiger partial charge >= 0.3 is 0 Å². The monoisotopic (exact) mass is 1130 g/mol. The van der Waals surface area contributed by atoms with Crippen LogP contribution in [-0.2, 0) is 59.2 Å². The second-order valence-electron chi connectivity index (χ2n) is 20.6. The van der Waals surface area contributed by atoms with Crippen LogP contribution < -0.4 is 37.1 Å². The number of carbonyl (C=O) groups excluding carboxylic acids is 11. The summed E-state index contributed by atoms with van der Waals surface area (Å²) in [5, 5.41) is 45.4. The highest BCUT2D eigenvalue weighted by Crippen LogP contribution is 2.35. The minimum Gasteiger partial charge on any atom is -0.494 e. The summed E-state index contributed by atoms with van der Waals surface area (Å²) in [5.41, 5.74) is 6.53. The second-order valence-corrected chi connectivity index (χ2v) is 22.7. The van der Waals surface area contributed by atoms with E-state index in [0.717, 1.165) is 29.5 Å². The zero-order valence-electron chi connectivity index (χ0n) is 44.3. The summed E-state index contributed by atoms with van der Waals surface area (Å²) in [4.78, 5) is 157. The SMILES string of the molecule is CC[C@H](C)[C@@H]1NC(=O)CNC(=O)[C@H]2Cc3c([nH]c4cc(OCCCCCCN5C(=O)CC(SC)C5=O)ccc34)SC[C@H](NC(=O)CNC1=O)C(=O)C[C@@H](CC(N)=O)C(=O)N1C[C@H](O)C[C@@H]1C(=O)C[C@@H]([C@@H](C)[C@@H](O)CO)C(=O)N2. The van der Waals surface area contributed by atoms with E-state index in [-0.39, 0.29) is 42.1 Å². The number of ketones is 2. The first kappa shape index (κ1) is 61.1. The third-order valence-electron chi connectivity index (χ3n) is 15.1. The lowest BCUT2D eigenvalue weighted by Gasteiger charge is -2.31. The molecule has 5 heterocycles. The van der Waals surface area contributed by atoms with Crippen molar-refractivity contribution in [2.45, 2.75) is 138 Å². The molecule has 2 bridgehead atoms. The van der Waals surface area contributed by atoms with Crippen LogP contribution in [0.25, 0.3) is 10.9 Å². The molecule has 0 spiro atoms. The number of hydrogen-bond donors (Lipinski definition) is 10. The number of nitrogens with zero attached hydrogens (tertiary/aromatic N) is 2. The molecule has 1 aromatic carbocycles. The van der Waals surface area contributed by atoms with Gasteiger partial charge in [0.05, 0.1) is 72.3 Å². The number of amides is 9. The van der Waals surface area contributed by atoms with Crippen LogP contribution in [0.15, 0.2) is 23.2 Å². The van der Waals surface area contributed by atoms with Crippen LogP contribution in [0.3, 0.4) is 0 Å². The number of aliphatic hydroxyl groups is 3. The van der Waals surface area contributed by atoms with Gasteiger partial charge in [-0.25, -0.2) is 0 Å². The number of aliphatic hydroxyl groups excluding tert-OH is 3. The predicted molar refractivity (Wildman–Crippen MR) is 285 cm³/mol. The fraction of sp³-hybridized carbons (Fsp3) is 0.635. The topological polar surface area (TPSA) is 366 Å². The average molecular weight is 1130 g/mol. The van der Waals surface area contributed by atoms with Crippen molar-refractivity contribution in [2.24, 2.45) is 29.4 Å². The molecule has 9 amide bonds. The Bertz CT molecular complexity index is 2600. The van der Waals surface area contributed by atoms with Crippen LogP contribution in [0.5, 0.6) is 5.75 Å². The molecule has 0 aliphatic carbocycles. The fourth-order valence-electron chi connectivity index (χ4n) is 10.2. The predicted octanol–water partition coefficient (Wildman–Crippen LogP) is -1.03. The van der Waals surface area contributed by atoms with E-state index in [1.54, 1.807) is 32.0 Å². The highest BCUT2D eigenvalue weighted by atomic mass is 32.2. The van der Waals surface area contributed by atoms with Crippen LogP contribution in [0, 0.1) is 23.7 Å². The molecular weight excluding hydrogens is 1050 g/mol. The number of aromatic amines is 1. The van der Waals surface area contributed by atoms with E-state index in [2.05, 4.69) is 31.6 Å². The van der Waals surface area contributed by atoms with Gasteiger partial charge in [0.1, 0.15) is 17.8 Å². The summed E-state index contributed by atoms with van der Waals surface area (Å²) in [7, 11) is 0. The number of Topliss-reactive ketones (excluding diaryl/α,β-unsaturated/α-hetero) is 2. The average Bonchev–Trinajstić information content (AvgIpc) is 4.08. The quantitative estimate of drug-likeness (QED) is 0.0710. The van der Waals surface area contributed by atoms with Crippen molar-refractivity contribution in [1.82, 2.24) is 41.4 Å². The van der Waals surface area contributed by atoms with Crippen LogP contribution in [0.2, 0.25) is 0 Å². The number of carbonyl (C=O) groups is 11. The van der Waals surface area contributed by atoms with Gasteiger partial charge in [-0.15, -0.1) is 11.8 Å². The molecule has 1 aromatic heterocycles. The maximum absolute atomic E-state index is 14.8. The van der Waals surface area contributed by atoms with Gasteiger partial charge in [-0.2, -0.15) is 11.8 Å². The van der Waals surface area contributed by atoms with Gasteiger partial charge in [0.2, 0.25) is 53.2 Å². The smallest absolute Gasteiger partial charge is 0.243 e. The molecule has 2 aromatic rings. The van der Waals surface area contributed by atoms with E-state index in [4.69, 9.17) is 10.5 Å². The molecule has 11 N–H and O–H groups in total. The standard InChI is InChI=1S/C52H73N9O15S2/c1-5-26(2)46-49(73)55-21-43(68)56-36-25-78-50-33(31-11-10-30(17-34(31)58-50)76-13-9-7-6-8-12-60-45(70)20-41(77-4)52(60)75)18-35(48(72)54-22-44(69)59-46)57-47(71)32(27(3)40(66)24-62)19-39(65)37-16-29(63)23-61(37)51(74)28(14-38(36)64)15-42(53)67/h10-11,17,26-29,32,35-37,40-41,46,58,62-63,66H,5-9,12-16,18-25H2,1-4H3,(H2,53,67)(H,54,72)(H,55,73)(H,56,68)(H,57,71)(H,59,69)/t26-,27+,28-,29+,32-,35+,36-,37+,40-,41?,46-/m0/s1. The lowest BCUT2D eigenvalue weighted by molar-refractivity contribution is -0.145. The molecule has 0 radical (unpaired) electrons. The lowest BCUT2D eigenvalue weighted by atomic mass is 9.83. The number of nitrogens with two attached hydrogens (primary N) is 1. The molecule has 24 nitrogen and oxygen atoms in total. The molecule has 428 valence electrons. The molecule has 11 atom stereocenters. The minimum atomic E-state index is -1.56. The number of rotatable bonds is 16. The number of thioether (sulfide) groups is 2. The van der Waals surface area contributed by atoms with Crippen molar-refractivity contribution < 1.29 is 72.8 Å². The van der Waals surface area contributed by atoms with Crippen molar-refractivity contribution in [1.29, 1.82) is 0 Å². The molecule has 6 rings (SSSR count). The van der Waals surface area contributed by atoms with Gasteiger partial charge in [-0.05, 0) is 48.6 Å². The van der Waals surface area contributed by atoms with Crippen LogP contribution in [-0.4, -0.2) is 188 Å². The number of benzene rings is 1. The van der Waals surface area contributed by atoms with E-state index in [1.165, 1.54) is 23.6 Å². The van der Waals surface area contributed by atoms with E-state index in [0.29, 0.717) is 59.7 Å². The van der Waals surface area contributed by atoms with Gasteiger partial charge in [0.25, 0.3) is 0 Å². The Morgan fingerprint density at radius 3 is 2.24 bits per heavy atom. The Kier molecular flexibility index (Phi) is 22.1. The number of nitrogens with one attached hydrogen (secondary N) is 6. The Labute approximate surface area is 459 Å². The van der Waals surface area contributed by atoms with Crippen LogP contribution >= 0.6 is 23.5 Å². The van der Waals surface area contributed by atoms with Crippen molar-refractivity contribution >= 4 is 99.2 Å². The van der Waals surface area contributed by atoms with Crippen molar-refractivity contribution in [2.75, 3.05) is 51.4 Å². The first-order chi connectivity index (χ1) is 37.1. The van der Waals surface area contributed by atoms with E-state index < -0.39 is 158 Å². The highest BCUT2D eigenvalue weighted by molar-refractivity contribution is 8.00. The molecule has 78 heavy (non-hydrogen) atoms. The molecule has 26 heteroatoms. The number of aromatic nitrogens is 1. The van der Waals surface area contributed by atoms with Gasteiger partial charge in [0, 0.05) is 74.7 Å². The normalized spacial score (nSPS) is 26.8. The molecule has 4 aliphatic heterocycles. The van der Waals surface area contributed by atoms with Gasteiger partial charge in [-0.3, -0.25) is 57.6 Å². The largest absolute Gasteiger partial charge is 0.494 e. The molecule has 0 saturated carbocycles. The minimum absolute atomic E-state index is 0.154. The number of imide groups is 1. The van der Waals surface area contributed by atoms with Crippen molar-refractivity contribution in [3.05, 3.63) is 23.8 Å². The summed E-state index contributed by atoms with van der Waals surface area (Å²) in [6, 6.07) is -0.399. The van der Waals surface area contributed by atoms with Gasteiger partial charge in [0.15, 0.2) is 11.6 Å². The molecule has 2 fully saturated rings. The molecular formula is C52H73N9O15S2. The number of unbranched alkanes of at least 4 members (excludes halogenated alkanes) is 3. The Balaban J connectivity index is 1.40. The number of H-pyrrole nitrogens is 1. The van der Waals surface area contributed by atoms with E-state index in [9.17, 15) is 68.1 Å². The first-order valence-corrected chi connectivity index (χ1v) is 28.7. The zero-order chi connectivity index (χ0) is 57.0. The number of likely N-dealkylation sites (tertiary alicyclic amines) is 1. The highest BCUT2D eigenvalue weighted by Gasteiger charge is 2.45. The third kappa shape index (κ3) is 15.6. The molecule has 1 unspecified atom stereocenters. The molecule has 4 aliphatic rings. The van der Waals surface area contributed by atoms with E-state index in [1.807, 2.05) is 6.26 Å².